The van der Waals surface area contributed by atoms with E-state index in [1.165, 1.54) is 6.42 Å². The molecule has 96 valence electrons. The van der Waals surface area contributed by atoms with Crippen LogP contribution in [0.25, 0.3) is 4.83 Å². The number of aryl methyl sites for hydroxylation is 1. The van der Waals surface area contributed by atoms with Crippen LogP contribution in [0.3, 0.4) is 0 Å². The zero-order valence-electron chi connectivity index (χ0n) is 11.2. The second-order valence-electron chi connectivity index (χ2n) is 5.10. The molecule has 2 saturated carbocycles. The number of hydrogen-bond acceptors (Lipinski definition) is 3. The van der Waals surface area contributed by atoms with Gasteiger partial charge in [0.15, 0.2) is 0 Å². The van der Waals surface area contributed by atoms with Crippen molar-refractivity contribution in [3.8, 4) is 0 Å². The van der Waals surface area contributed by atoms with Gasteiger partial charge in [-0.05, 0) is 55.9 Å². The molecule has 2 fully saturated rings. The summed E-state index contributed by atoms with van der Waals surface area (Å²) in [6, 6.07) is 6.68. The number of fused-ring (bicyclic) bond motifs is 1. The summed E-state index contributed by atoms with van der Waals surface area (Å²) in [5.74, 6) is 1.27. The molecule has 0 saturated heterocycles. The van der Waals surface area contributed by atoms with E-state index in [9.17, 15) is 8.42 Å². The van der Waals surface area contributed by atoms with Gasteiger partial charge in [0.2, 0.25) is 0 Å². The molecule has 0 bridgehead atoms. The number of nitrogens with zero attached hydrogens (tertiary/aromatic N) is 2. The van der Waals surface area contributed by atoms with E-state index in [4.69, 9.17) is 0 Å². The van der Waals surface area contributed by atoms with E-state index in [-0.39, 0.29) is 34.5 Å². The maximum atomic E-state index is 11.9. The Bertz CT molecular complexity index is 596. The minimum atomic E-state index is -3.63. The standard InChI is InChI=1S/C13H15N2O2S.Na/c1-9-2-5-11(6-3-9)18(16,17)15-14-13-7-4-10-8-12(10)13;/h2-3,5-6,10,12H,4,7-8H2,1H3;/q-1;+1/b14-13-;. The molecule has 0 radical (unpaired) electrons. The quantitative estimate of drug-likeness (QED) is 0.573. The summed E-state index contributed by atoms with van der Waals surface area (Å²) in [4.78, 5) is 3.79. The van der Waals surface area contributed by atoms with Crippen LogP contribution in [0.2, 0.25) is 0 Å². The minimum absolute atomic E-state index is 0. The van der Waals surface area contributed by atoms with E-state index < -0.39 is 10.0 Å². The predicted octanol–water partition coefficient (Wildman–Crippen LogP) is -0.153. The van der Waals surface area contributed by atoms with Gasteiger partial charge in [0, 0.05) is 0 Å². The zero-order chi connectivity index (χ0) is 12.8. The molecule has 1 aromatic carbocycles. The van der Waals surface area contributed by atoms with Gasteiger partial charge >= 0.3 is 29.6 Å². The van der Waals surface area contributed by atoms with Crippen LogP contribution in [0.5, 0.6) is 0 Å². The average Bonchev–Trinajstić information content (AvgIpc) is 3.01. The smallest absolute Gasteiger partial charge is 0.491 e. The monoisotopic (exact) mass is 286 g/mol. The van der Waals surface area contributed by atoms with Gasteiger partial charge in [0.05, 0.1) is 4.90 Å². The second kappa shape index (κ2) is 5.56. The van der Waals surface area contributed by atoms with Crippen molar-refractivity contribution in [2.45, 2.75) is 31.1 Å². The Labute approximate surface area is 136 Å². The van der Waals surface area contributed by atoms with Gasteiger partial charge in [-0.3, -0.25) is 0 Å². The summed E-state index contributed by atoms with van der Waals surface area (Å²) < 4.78 is 23.9. The maximum Gasteiger partial charge on any atom is 1.00 e. The maximum absolute atomic E-state index is 11.9. The average molecular weight is 286 g/mol. The van der Waals surface area contributed by atoms with Crippen molar-refractivity contribution in [1.29, 1.82) is 0 Å². The van der Waals surface area contributed by atoms with Crippen molar-refractivity contribution in [3.63, 3.8) is 0 Å². The molecule has 1 aromatic rings. The summed E-state index contributed by atoms with van der Waals surface area (Å²) in [5, 5.41) is 3.97. The molecule has 0 amide bonds. The number of benzene rings is 1. The van der Waals surface area contributed by atoms with Crippen LogP contribution in [0.1, 0.15) is 24.8 Å². The Hall–Kier alpha value is -0.360. The molecular formula is C13H15N2NaO2S. The molecular weight excluding hydrogens is 271 g/mol. The molecule has 2 unspecified atom stereocenters. The third kappa shape index (κ3) is 3.21. The molecule has 2 atom stereocenters. The Kier molecular flexibility index (Phi) is 4.40. The molecule has 0 aliphatic heterocycles. The van der Waals surface area contributed by atoms with Crippen molar-refractivity contribution >= 4 is 15.7 Å². The van der Waals surface area contributed by atoms with Gasteiger partial charge in [-0.25, -0.2) is 8.42 Å². The first-order valence-electron chi connectivity index (χ1n) is 6.17. The van der Waals surface area contributed by atoms with Crippen LogP contribution in [-0.4, -0.2) is 14.1 Å². The SMILES string of the molecule is Cc1ccc(S(=O)(=O)[N-]/N=C2/CCC3CC23)cc1.[Na+]. The first-order chi connectivity index (χ1) is 8.56. The van der Waals surface area contributed by atoms with Gasteiger partial charge in [-0.2, -0.15) is 0 Å². The van der Waals surface area contributed by atoms with Crippen molar-refractivity contribution in [2.24, 2.45) is 16.9 Å². The number of rotatable bonds is 3. The minimum Gasteiger partial charge on any atom is -0.491 e. The molecule has 6 heteroatoms. The number of hydrogen-bond donors (Lipinski definition) is 0. The molecule has 0 spiro atoms. The Balaban J connectivity index is 0.00000133. The third-order valence-electron chi connectivity index (χ3n) is 3.72. The van der Waals surface area contributed by atoms with Crippen LogP contribution in [0.4, 0.5) is 0 Å². The first kappa shape index (κ1) is 15.0. The van der Waals surface area contributed by atoms with Crippen molar-refractivity contribution in [3.05, 3.63) is 34.7 Å². The van der Waals surface area contributed by atoms with Gasteiger partial charge < -0.3 is 9.93 Å². The van der Waals surface area contributed by atoms with E-state index in [1.807, 2.05) is 6.92 Å². The molecule has 2 aliphatic rings. The van der Waals surface area contributed by atoms with Gasteiger partial charge in [-0.15, -0.1) is 0 Å². The molecule has 0 aromatic heterocycles. The Morgan fingerprint density at radius 3 is 2.47 bits per heavy atom. The van der Waals surface area contributed by atoms with Gasteiger partial charge in [-0.1, -0.05) is 17.7 Å². The molecule has 2 aliphatic carbocycles. The van der Waals surface area contributed by atoms with Crippen molar-refractivity contribution < 1.29 is 38.0 Å². The van der Waals surface area contributed by atoms with E-state index in [1.54, 1.807) is 24.3 Å². The molecule has 3 rings (SSSR count). The van der Waals surface area contributed by atoms with Crippen molar-refractivity contribution in [2.75, 3.05) is 0 Å². The van der Waals surface area contributed by atoms with Gasteiger partial charge in [0.25, 0.3) is 0 Å². The van der Waals surface area contributed by atoms with Crippen LogP contribution >= 0.6 is 0 Å². The predicted molar refractivity (Wildman–Crippen MR) is 70.0 cm³/mol. The topological polar surface area (TPSA) is 60.6 Å². The third-order valence-corrected chi connectivity index (χ3v) is 4.88. The Morgan fingerprint density at radius 1 is 1.26 bits per heavy atom. The number of sulfonamides is 1. The molecule has 0 heterocycles. The van der Waals surface area contributed by atoms with E-state index >= 15 is 0 Å². The summed E-state index contributed by atoms with van der Waals surface area (Å²) in [7, 11) is -3.63. The fourth-order valence-corrected chi connectivity index (χ4v) is 3.27. The van der Waals surface area contributed by atoms with Crippen LogP contribution in [-0.2, 0) is 10.0 Å². The van der Waals surface area contributed by atoms with Crippen LogP contribution in [0, 0.1) is 18.8 Å². The fourth-order valence-electron chi connectivity index (χ4n) is 2.48. The van der Waals surface area contributed by atoms with E-state index in [0.29, 0.717) is 5.92 Å². The summed E-state index contributed by atoms with van der Waals surface area (Å²) in [6.07, 6.45) is 3.21. The van der Waals surface area contributed by atoms with E-state index in [0.717, 1.165) is 30.0 Å². The van der Waals surface area contributed by atoms with Crippen molar-refractivity contribution in [1.82, 2.24) is 0 Å². The largest absolute Gasteiger partial charge is 1.00 e. The summed E-state index contributed by atoms with van der Waals surface area (Å²) in [5.41, 5.74) is 1.99. The summed E-state index contributed by atoms with van der Waals surface area (Å²) >= 11 is 0. The molecule has 4 nitrogen and oxygen atoms in total. The fraction of sp³-hybridized carbons (Fsp3) is 0.462. The van der Waals surface area contributed by atoms with Crippen LogP contribution in [0.15, 0.2) is 34.3 Å². The second-order valence-corrected chi connectivity index (χ2v) is 6.69. The van der Waals surface area contributed by atoms with E-state index in [2.05, 4.69) is 9.93 Å². The Morgan fingerprint density at radius 2 is 1.95 bits per heavy atom. The normalized spacial score (nSPS) is 26.7. The zero-order valence-corrected chi connectivity index (χ0v) is 14.0. The molecule has 0 N–H and O–H groups in total. The van der Waals surface area contributed by atoms with Crippen LogP contribution < -0.4 is 29.6 Å². The summed E-state index contributed by atoms with van der Waals surface area (Å²) in [6.45, 7) is 1.92. The molecule has 19 heavy (non-hydrogen) atoms. The van der Waals surface area contributed by atoms with Gasteiger partial charge in [0.1, 0.15) is 10.0 Å². The first-order valence-corrected chi connectivity index (χ1v) is 7.61.